The van der Waals surface area contributed by atoms with Gasteiger partial charge in [-0.25, -0.2) is 4.57 Å². The van der Waals surface area contributed by atoms with E-state index in [9.17, 15) is 19.0 Å². The van der Waals surface area contributed by atoms with Gasteiger partial charge >= 0.3 is 19.8 Å². The van der Waals surface area contributed by atoms with Crippen molar-refractivity contribution in [2.45, 2.75) is 322 Å². The smallest absolute Gasteiger partial charge is 0.462 e. The Morgan fingerprint density at radius 2 is 0.687 bits per heavy atom. The lowest BCUT2D eigenvalue weighted by molar-refractivity contribution is -0.870. The Morgan fingerprint density at radius 1 is 0.386 bits per heavy atom. The molecule has 0 heterocycles. The van der Waals surface area contributed by atoms with E-state index in [4.69, 9.17) is 18.5 Å². The predicted octanol–water partition coefficient (Wildman–Crippen LogP) is 22.5. The number of ether oxygens (including phenoxy) is 2. The molecule has 0 aromatic rings. The largest absolute Gasteiger partial charge is 0.472 e. The highest BCUT2D eigenvalue weighted by atomic mass is 31.2. The van der Waals surface area contributed by atoms with Crippen molar-refractivity contribution in [1.29, 1.82) is 0 Å². The van der Waals surface area contributed by atoms with Crippen LogP contribution in [0.3, 0.4) is 0 Å². The van der Waals surface area contributed by atoms with Crippen LogP contribution in [0.25, 0.3) is 0 Å². The highest BCUT2D eigenvalue weighted by Crippen LogP contribution is 2.43. The van der Waals surface area contributed by atoms with E-state index in [1.54, 1.807) is 0 Å². The number of nitrogens with zero attached hydrogens (tertiary/aromatic N) is 1. The van der Waals surface area contributed by atoms with Crippen LogP contribution in [0, 0.1) is 0 Å². The Labute approximate surface area is 513 Å². The van der Waals surface area contributed by atoms with E-state index in [-0.39, 0.29) is 25.6 Å². The molecule has 0 aliphatic rings. The van der Waals surface area contributed by atoms with Crippen molar-refractivity contribution >= 4 is 19.8 Å². The lowest BCUT2D eigenvalue weighted by Gasteiger charge is -2.24. The number of esters is 2. The van der Waals surface area contributed by atoms with E-state index in [0.717, 1.165) is 89.9 Å². The third kappa shape index (κ3) is 68.2. The average Bonchev–Trinajstić information content (AvgIpc) is 3.48. The van der Waals surface area contributed by atoms with Gasteiger partial charge in [-0.3, -0.25) is 18.6 Å². The molecule has 9 nitrogen and oxygen atoms in total. The van der Waals surface area contributed by atoms with Crippen molar-refractivity contribution in [2.24, 2.45) is 0 Å². The van der Waals surface area contributed by atoms with Gasteiger partial charge in [0, 0.05) is 12.8 Å². The van der Waals surface area contributed by atoms with E-state index >= 15 is 0 Å². The maximum Gasteiger partial charge on any atom is 0.472 e. The Balaban J connectivity index is 4.06. The molecule has 0 aliphatic heterocycles. The first kappa shape index (κ1) is 80.2. The number of hydrogen-bond acceptors (Lipinski definition) is 7. The minimum absolute atomic E-state index is 0.0299. The summed E-state index contributed by atoms with van der Waals surface area (Å²) in [5.41, 5.74) is 0. The molecular weight excluding hydrogens is 1050 g/mol. The summed E-state index contributed by atoms with van der Waals surface area (Å²) in [7, 11) is 1.48. The molecule has 0 aromatic heterocycles. The lowest BCUT2D eigenvalue weighted by Crippen LogP contribution is -2.37. The molecule has 0 radical (unpaired) electrons. The molecule has 2 atom stereocenters. The molecule has 0 spiro atoms. The van der Waals surface area contributed by atoms with Crippen LogP contribution in [0.5, 0.6) is 0 Å². The topological polar surface area (TPSA) is 108 Å². The van der Waals surface area contributed by atoms with Crippen molar-refractivity contribution in [3.8, 4) is 0 Å². The summed E-state index contributed by atoms with van der Waals surface area (Å²) in [5.74, 6) is -0.789. The number of carbonyl (C=O) groups is 2. The molecule has 482 valence electrons. The van der Waals surface area contributed by atoms with Crippen LogP contribution in [0.1, 0.15) is 316 Å². The Morgan fingerprint density at radius 3 is 1.02 bits per heavy atom. The van der Waals surface area contributed by atoms with Crippen molar-refractivity contribution < 1.29 is 42.1 Å². The number of allylic oxidation sites excluding steroid dienone is 14. The second-order valence-corrected chi connectivity index (χ2v) is 26.0. The van der Waals surface area contributed by atoms with E-state index in [0.29, 0.717) is 23.9 Å². The number of phosphoric ester groups is 1. The number of carbonyl (C=O) groups excluding carboxylic acids is 2. The summed E-state index contributed by atoms with van der Waals surface area (Å²) >= 11 is 0. The van der Waals surface area contributed by atoms with E-state index in [1.807, 2.05) is 21.1 Å². The monoisotopic (exact) mass is 1180 g/mol. The molecule has 0 aromatic carbocycles. The van der Waals surface area contributed by atoms with Crippen molar-refractivity contribution in [3.05, 3.63) is 85.1 Å². The van der Waals surface area contributed by atoms with Crippen LogP contribution in [0.15, 0.2) is 85.1 Å². The van der Waals surface area contributed by atoms with Crippen molar-refractivity contribution in [1.82, 2.24) is 0 Å². The second-order valence-electron chi connectivity index (χ2n) is 24.5. The van der Waals surface area contributed by atoms with Crippen LogP contribution >= 0.6 is 7.82 Å². The number of likely N-dealkylation sites (N-methyl/N-ethyl adjacent to an activating group) is 1. The summed E-state index contributed by atoms with van der Waals surface area (Å²) in [6.07, 6.45) is 86.8. The third-order valence-corrected chi connectivity index (χ3v) is 16.2. The molecule has 10 heteroatoms. The zero-order valence-corrected chi connectivity index (χ0v) is 55.8. The van der Waals surface area contributed by atoms with E-state index in [2.05, 4.69) is 98.9 Å². The van der Waals surface area contributed by atoms with E-state index < -0.39 is 26.5 Å². The maximum absolute atomic E-state index is 12.9. The Hall–Kier alpha value is -2.81. The first-order valence-corrected chi connectivity index (χ1v) is 36.3. The van der Waals surface area contributed by atoms with Gasteiger partial charge in [0.2, 0.25) is 0 Å². The standard InChI is InChI=1S/C73H132NO8P/c1-6-8-10-12-14-16-18-20-22-24-26-28-30-32-34-35-36-37-38-39-40-42-44-46-48-50-52-54-56-58-60-62-64-66-73(76)82-71(70-81-83(77,78)80-68-67-74(3,4)5)69-79-72(75)65-63-61-59-57-55-53-51-49-47-45-43-41-33-31-29-27-25-23-21-19-17-15-13-11-9-7-2/h8,10,14,16,20,22,26,28,32,34,36-37,39-40,71H,6-7,9,11-13,15,17-19,21,23-25,27,29-31,33,35,38,41-70H2,1-5H3/p+1/b10-8-,16-14-,22-20-,28-26-,34-32-,37-36-,40-39-. The minimum Gasteiger partial charge on any atom is -0.462 e. The molecule has 0 rings (SSSR count). The third-order valence-electron chi connectivity index (χ3n) is 15.2. The zero-order valence-electron chi connectivity index (χ0n) is 54.9. The minimum atomic E-state index is -4.39. The Kier molecular flexibility index (Phi) is 61.5. The summed E-state index contributed by atoms with van der Waals surface area (Å²) in [4.78, 5) is 35.9. The van der Waals surface area contributed by atoms with Crippen molar-refractivity contribution in [2.75, 3.05) is 47.5 Å². The fourth-order valence-electron chi connectivity index (χ4n) is 9.88. The van der Waals surface area contributed by atoms with Gasteiger partial charge in [0.25, 0.3) is 0 Å². The molecule has 0 aliphatic carbocycles. The first-order valence-electron chi connectivity index (χ1n) is 34.8. The van der Waals surface area contributed by atoms with E-state index in [1.165, 1.54) is 193 Å². The lowest BCUT2D eigenvalue weighted by atomic mass is 10.0. The highest BCUT2D eigenvalue weighted by Gasteiger charge is 2.27. The van der Waals surface area contributed by atoms with Crippen LogP contribution in [0.2, 0.25) is 0 Å². The first-order chi connectivity index (χ1) is 40.5. The number of quaternary nitrogens is 1. The summed E-state index contributed by atoms with van der Waals surface area (Å²) in [6.45, 7) is 4.36. The molecule has 0 amide bonds. The predicted molar refractivity (Wildman–Crippen MR) is 358 cm³/mol. The summed E-state index contributed by atoms with van der Waals surface area (Å²) < 4.78 is 34.7. The normalized spacial score (nSPS) is 13.7. The number of phosphoric acid groups is 1. The van der Waals surface area contributed by atoms with Gasteiger partial charge in [-0.1, -0.05) is 317 Å². The maximum atomic E-state index is 12.9. The molecule has 0 fully saturated rings. The molecular formula is C73H133NO8P+. The van der Waals surface area contributed by atoms with Gasteiger partial charge in [-0.15, -0.1) is 0 Å². The van der Waals surface area contributed by atoms with Crippen LogP contribution in [0.4, 0.5) is 0 Å². The number of rotatable bonds is 64. The second kappa shape index (κ2) is 63.7. The highest BCUT2D eigenvalue weighted by molar-refractivity contribution is 7.47. The van der Waals surface area contributed by atoms with Gasteiger partial charge in [0.05, 0.1) is 27.7 Å². The van der Waals surface area contributed by atoms with Gasteiger partial charge in [-0.05, 0) is 70.6 Å². The number of hydrogen-bond donors (Lipinski definition) is 1. The van der Waals surface area contributed by atoms with Gasteiger partial charge < -0.3 is 18.9 Å². The molecule has 0 saturated carbocycles. The molecule has 83 heavy (non-hydrogen) atoms. The quantitative estimate of drug-likeness (QED) is 0.0211. The van der Waals surface area contributed by atoms with Crippen LogP contribution in [-0.2, 0) is 32.7 Å². The Bertz CT molecular complexity index is 1680. The molecule has 0 saturated heterocycles. The van der Waals surface area contributed by atoms with Gasteiger partial charge in [0.15, 0.2) is 6.10 Å². The molecule has 1 N–H and O–H groups in total. The SMILES string of the molecule is CC/C=C\C/C=C\C/C=C\C/C=C\C/C=C\C/C=C\C/C=C\CCCCCCCCCCCCCC(=O)OC(COC(=O)CCCCCCCCCCCCCCCCCCCCCCCCCCCC)COP(=O)(O)OCC[N+](C)(C)C. The molecule has 2 unspecified atom stereocenters. The fraction of sp³-hybridized carbons (Fsp3) is 0.781. The van der Waals surface area contributed by atoms with Gasteiger partial charge in [-0.2, -0.15) is 0 Å². The molecule has 0 bridgehead atoms. The summed E-state index contributed by atoms with van der Waals surface area (Å²) in [5, 5.41) is 0. The van der Waals surface area contributed by atoms with Crippen LogP contribution < -0.4 is 0 Å². The van der Waals surface area contributed by atoms with Gasteiger partial charge in [0.1, 0.15) is 19.8 Å². The summed E-state index contributed by atoms with van der Waals surface area (Å²) in [6, 6.07) is 0. The zero-order chi connectivity index (χ0) is 60.5. The fourth-order valence-corrected chi connectivity index (χ4v) is 10.6. The van der Waals surface area contributed by atoms with Crippen molar-refractivity contribution in [3.63, 3.8) is 0 Å². The number of unbranched alkanes of at least 4 members (excludes halogenated alkanes) is 36. The van der Waals surface area contributed by atoms with Crippen LogP contribution in [-0.4, -0.2) is 74.9 Å². The average molecular weight is 1180 g/mol.